The summed E-state index contributed by atoms with van der Waals surface area (Å²) in [6.07, 6.45) is 5.53. The van der Waals surface area contributed by atoms with E-state index in [2.05, 4.69) is 5.32 Å². The summed E-state index contributed by atoms with van der Waals surface area (Å²) in [5, 5.41) is 3.29. The third kappa shape index (κ3) is 2.49. The van der Waals surface area contributed by atoms with Crippen molar-refractivity contribution in [3.05, 3.63) is 32.6 Å². The van der Waals surface area contributed by atoms with Gasteiger partial charge in [-0.1, -0.05) is 6.42 Å². The number of nitrogens with zero attached hydrogens (tertiary/aromatic N) is 2. The van der Waals surface area contributed by atoms with Crippen molar-refractivity contribution in [2.45, 2.75) is 25.8 Å². The Balaban J connectivity index is 2.05. The molecule has 0 bridgehead atoms. The first-order chi connectivity index (χ1) is 8.09. The molecule has 1 N–H and O–H groups in total. The Kier molecular flexibility index (Phi) is 3.47. The fourth-order valence-electron chi connectivity index (χ4n) is 2.11. The summed E-state index contributed by atoms with van der Waals surface area (Å²) >= 11 is 0. The van der Waals surface area contributed by atoms with Crippen molar-refractivity contribution in [2.24, 2.45) is 20.0 Å². The van der Waals surface area contributed by atoms with Gasteiger partial charge in [0.1, 0.15) is 0 Å². The molecule has 1 aromatic rings. The molecule has 0 amide bonds. The average Bonchev–Trinajstić information content (AvgIpc) is 2.25. The summed E-state index contributed by atoms with van der Waals surface area (Å²) in [6, 6.07) is 0. The zero-order valence-electron chi connectivity index (χ0n) is 10.4. The van der Waals surface area contributed by atoms with Gasteiger partial charge in [0, 0.05) is 32.4 Å². The highest BCUT2D eigenvalue weighted by Gasteiger charge is 2.16. The second kappa shape index (κ2) is 4.87. The third-order valence-corrected chi connectivity index (χ3v) is 3.49. The normalized spacial score (nSPS) is 15.9. The van der Waals surface area contributed by atoms with E-state index in [1.165, 1.54) is 30.9 Å². The van der Waals surface area contributed by atoms with Gasteiger partial charge >= 0.3 is 5.69 Å². The number of hydrogen-bond acceptors (Lipinski definition) is 3. The SMILES string of the molecule is Cn1cc(CNCC2CCC2)c(=O)n(C)c1=O. The molecule has 0 aliphatic heterocycles. The summed E-state index contributed by atoms with van der Waals surface area (Å²) in [5.41, 5.74) is 0.167. The van der Waals surface area contributed by atoms with Crippen molar-refractivity contribution in [1.82, 2.24) is 14.5 Å². The lowest BCUT2D eigenvalue weighted by Gasteiger charge is -2.25. The van der Waals surface area contributed by atoms with Crippen molar-refractivity contribution < 1.29 is 0 Å². The van der Waals surface area contributed by atoms with E-state index < -0.39 is 0 Å². The van der Waals surface area contributed by atoms with Crippen molar-refractivity contribution >= 4 is 0 Å². The quantitative estimate of drug-likeness (QED) is 0.800. The summed E-state index contributed by atoms with van der Waals surface area (Å²) in [7, 11) is 3.18. The van der Waals surface area contributed by atoms with E-state index in [4.69, 9.17) is 0 Å². The van der Waals surface area contributed by atoms with E-state index in [-0.39, 0.29) is 11.2 Å². The molecule has 0 spiro atoms. The maximum atomic E-state index is 11.8. The van der Waals surface area contributed by atoms with Crippen molar-refractivity contribution in [1.29, 1.82) is 0 Å². The van der Waals surface area contributed by atoms with Crippen LogP contribution in [0.2, 0.25) is 0 Å². The van der Waals surface area contributed by atoms with Gasteiger partial charge in [0.15, 0.2) is 0 Å². The third-order valence-electron chi connectivity index (χ3n) is 3.49. The van der Waals surface area contributed by atoms with Gasteiger partial charge in [0.2, 0.25) is 0 Å². The fourth-order valence-corrected chi connectivity index (χ4v) is 2.11. The van der Waals surface area contributed by atoms with Crippen LogP contribution < -0.4 is 16.6 Å². The highest BCUT2D eigenvalue weighted by Crippen LogP contribution is 2.25. The van der Waals surface area contributed by atoms with Gasteiger partial charge in [0.25, 0.3) is 5.56 Å². The second-order valence-electron chi connectivity index (χ2n) is 4.84. The van der Waals surface area contributed by atoms with Gasteiger partial charge in [-0.05, 0) is 25.3 Å². The molecule has 2 rings (SSSR count). The molecule has 0 atom stereocenters. The lowest BCUT2D eigenvalue weighted by atomic mass is 9.85. The average molecular weight is 237 g/mol. The van der Waals surface area contributed by atoms with Crippen molar-refractivity contribution in [3.63, 3.8) is 0 Å². The van der Waals surface area contributed by atoms with Crippen molar-refractivity contribution in [2.75, 3.05) is 6.54 Å². The van der Waals surface area contributed by atoms with Crippen LogP contribution in [-0.4, -0.2) is 15.7 Å². The van der Waals surface area contributed by atoms with Gasteiger partial charge < -0.3 is 9.88 Å². The van der Waals surface area contributed by atoms with Crippen LogP contribution in [0, 0.1) is 5.92 Å². The van der Waals surface area contributed by atoms with E-state index in [1.807, 2.05) is 0 Å². The Morgan fingerprint density at radius 2 is 2.06 bits per heavy atom. The number of nitrogens with one attached hydrogen (secondary N) is 1. The van der Waals surface area contributed by atoms with Gasteiger partial charge in [0.05, 0.1) is 0 Å². The van der Waals surface area contributed by atoms with Crippen LogP contribution in [0.15, 0.2) is 15.8 Å². The minimum Gasteiger partial charge on any atom is -0.312 e. The predicted molar refractivity (Wildman–Crippen MR) is 66.0 cm³/mol. The molecule has 5 heteroatoms. The highest BCUT2D eigenvalue weighted by atomic mass is 16.2. The molecule has 1 saturated carbocycles. The maximum Gasteiger partial charge on any atom is 0.330 e. The Bertz CT molecular complexity index is 511. The largest absolute Gasteiger partial charge is 0.330 e. The first kappa shape index (κ1) is 12.1. The van der Waals surface area contributed by atoms with Crippen LogP contribution in [0.5, 0.6) is 0 Å². The monoisotopic (exact) mass is 237 g/mol. The molecule has 1 aliphatic rings. The summed E-state index contributed by atoms with van der Waals surface area (Å²) < 4.78 is 2.60. The Morgan fingerprint density at radius 3 is 2.65 bits per heavy atom. The van der Waals surface area contributed by atoms with Gasteiger partial charge in [-0.2, -0.15) is 0 Å². The molecule has 1 aliphatic carbocycles. The van der Waals surface area contributed by atoms with Crippen LogP contribution in [0.3, 0.4) is 0 Å². The molecule has 94 valence electrons. The number of rotatable bonds is 4. The zero-order chi connectivity index (χ0) is 12.4. The second-order valence-corrected chi connectivity index (χ2v) is 4.84. The highest BCUT2D eigenvalue weighted by molar-refractivity contribution is 5.05. The van der Waals surface area contributed by atoms with Crippen molar-refractivity contribution in [3.8, 4) is 0 Å². The topological polar surface area (TPSA) is 56.0 Å². The fraction of sp³-hybridized carbons (Fsp3) is 0.667. The van der Waals surface area contributed by atoms with E-state index in [0.29, 0.717) is 12.1 Å². The first-order valence-corrected chi connectivity index (χ1v) is 6.06. The molecule has 1 aromatic heterocycles. The zero-order valence-corrected chi connectivity index (χ0v) is 10.4. The number of aryl methyl sites for hydroxylation is 1. The Labute approximate surface area is 100 Å². The smallest absolute Gasteiger partial charge is 0.312 e. The lowest BCUT2D eigenvalue weighted by Crippen LogP contribution is -2.40. The summed E-state index contributed by atoms with van der Waals surface area (Å²) in [4.78, 5) is 23.3. The van der Waals surface area contributed by atoms with Crippen LogP contribution >= 0.6 is 0 Å². The number of hydrogen-bond donors (Lipinski definition) is 1. The molecular weight excluding hydrogens is 218 g/mol. The van der Waals surface area contributed by atoms with Gasteiger partial charge in [-0.3, -0.25) is 9.36 Å². The summed E-state index contributed by atoms with van der Waals surface area (Å²) in [6.45, 7) is 1.50. The maximum absolute atomic E-state index is 11.8. The van der Waals surface area contributed by atoms with Gasteiger partial charge in [-0.25, -0.2) is 4.79 Å². The molecule has 0 radical (unpaired) electrons. The van der Waals surface area contributed by atoms with Crippen LogP contribution in [0.4, 0.5) is 0 Å². The molecule has 17 heavy (non-hydrogen) atoms. The van der Waals surface area contributed by atoms with E-state index >= 15 is 0 Å². The molecule has 0 unspecified atom stereocenters. The van der Waals surface area contributed by atoms with Crippen LogP contribution in [0.1, 0.15) is 24.8 Å². The Hall–Kier alpha value is -1.36. The molecule has 0 aromatic carbocycles. The minimum atomic E-state index is -0.280. The summed E-state index contributed by atoms with van der Waals surface area (Å²) in [5.74, 6) is 0.770. The first-order valence-electron chi connectivity index (χ1n) is 6.06. The minimum absolute atomic E-state index is 0.200. The predicted octanol–water partition coefficient (Wildman–Crippen LogP) is -0.0263. The van der Waals surface area contributed by atoms with Crippen LogP contribution in [0.25, 0.3) is 0 Å². The Morgan fingerprint density at radius 1 is 1.35 bits per heavy atom. The van der Waals surface area contributed by atoms with Crippen LogP contribution in [-0.2, 0) is 20.6 Å². The number of aromatic nitrogens is 2. The van der Waals surface area contributed by atoms with Gasteiger partial charge in [-0.15, -0.1) is 0 Å². The molecule has 1 heterocycles. The molecular formula is C12H19N3O2. The molecule has 5 nitrogen and oxygen atoms in total. The van der Waals surface area contributed by atoms with E-state index in [1.54, 1.807) is 13.2 Å². The molecule has 0 saturated heterocycles. The van der Waals surface area contributed by atoms with E-state index in [0.717, 1.165) is 17.0 Å². The van der Waals surface area contributed by atoms with E-state index in [9.17, 15) is 9.59 Å². The molecule has 1 fully saturated rings. The lowest BCUT2D eigenvalue weighted by molar-refractivity contribution is 0.301. The standard InChI is InChI=1S/C12H19N3O2/c1-14-8-10(11(16)15(2)12(14)17)7-13-6-9-4-3-5-9/h8-9,13H,3-7H2,1-2H3.